The van der Waals surface area contributed by atoms with Crippen LogP contribution in [0.25, 0.3) is 0 Å². The quantitative estimate of drug-likeness (QED) is 0.889. The summed E-state index contributed by atoms with van der Waals surface area (Å²) in [6, 6.07) is 9.66. The summed E-state index contributed by atoms with van der Waals surface area (Å²) in [6.07, 6.45) is -3.00. The van der Waals surface area contributed by atoms with Crippen LogP contribution in [0.1, 0.15) is 5.56 Å². The number of phenols is 1. The first-order chi connectivity index (χ1) is 9.92. The number of ether oxygens (including phenoxy) is 1. The molecule has 0 fully saturated rings. The van der Waals surface area contributed by atoms with Gasteiger partial charge in [0.25, 0.3) is 0 Å². The van der Waals surface area contributed by atoms with Gasteiger partial charge >= 0.3 is 6.18 Å². The van der Waals surface area contributed by atoms with Gasteiger partial charge in [0.2, 0.25) is 5.88 Å². The number of hydrogen-bond donors (Lipinski definition) is 2. The van der Waals surface area contributed by atoms with Crippen LogP contribution >= 0.6 is 0 Å². The van der Waals surface area contributed by atoms with Gasteiger partial charge in [0, 0.05) is 12.6 Å². The summed E-state index contributed by atoms with van der Waals surface area (Å²) in [6.45, 7) is -0.908. The molecule has 0 saturated heterocycles. The number of rotatable bonds is 5. The second-order valence-corrected chi connectivity index (χ2v) is 4.31. The molecule has 2 rings (SSSR count). The largest absolute Gasteiger partial charge is 0.508 e. The van der Waals surface area contributed by atoms with E-state index in [-0.39, 0.29) is 11.6 Å². The number of nitrogens with one attached hydrogen (secondary N) is 1. The number of benzene rings is 1. The van der Waals surface area contributed by atoms with Crippen LogP contribution in [-0.2, 0) is 6.54 Å². The molecule has 0 aliphatic carbocycles. The van der Waals surface area contributed by atoms with Crippen LogP contribution in [0.5, 0.6) is 11.6 Å². The third kappa shape index (κ3) is 5.21. The Hall–Kier alpha value is -2.44. The van der Waals surface area contributed by atoms with Crippen molar-refractivity contribution in [3.63, 3.8) is 0 Å². The van der Waals surface area contributed by atoms with E-state index in [4.69, 9.17) is 0 Å². The van der Waals surface area contributed by atoms with Crippen molar-refractivity contribution in [1.29, 1.82) is 0 Å². The van der Waals surface area contributed by atoms with Crippen LogP contribution in [0.15, 0.2) is 42.6 Å². The van der Waals surface area contributed by atoms with Gasteiger partial charge in [0.15, 0.2) is 6.61 Å². The summed E-state index contributed by atoms with van der Waals surface area (Å²) in [4.78, 5) is 3.78. The fourth-order valence-electron chi connectivity index (χ4n) is 1.60. The van der Waals surface area contributed by atoms with Gasteiger partial charge in [-0.3, -0.25) is 0 Å². The Morgan fingerprint density at radius 1 is 1.19 bits per heavy atom. The Labute approximate surface area is 119 Å². The van der Waals surface area contributed by atoms with Crippen LogP contribution in [0.3, 0.4) is 0 Å². The zero-order valence-electron chi connectivity index (χ0n) is 10.9. The molecule has 0 unspecified atom stereocenters. The summed E-state index contributed by atoms with van der Waals surface area (Å²) >= 11 is 0. The molecule has 0 saturated carbocycles. The lowest BCUT2D eigenvalue weighted by Crippen LogP contribution is -2.19. The number of alkyl halides is 3. The van der Waals surface area contributed by atoms with E-state index >= 15 is 0 Å². The van der Waals surface area contributed by atoms with Crippen molar-refractivity contribution in [1.82, 2.24) is 4.98 Å². The molecule has 0 aliphatic rings. The van der Waals surface area contributed by atoms with Gasteiger partial charge in [0.1, 0.15) is 5.75 Å². The molecule has 7 heteroatoms. The Bertz CT molecular complexity index is 586. The number of pyridine rings is 1. The van der Waals surface area contributed by atoms with Gasteiger partial charge in [-0.05, 0) is 23.8 Å². The molecule has 0 spiro atoms. The van der Waals surface area contributed by atoms with Crippen molar-refractivity contribution in [3.8, 4) is 11.6 Å². The fraction of sp³-hybridized carbons (Fsp3) is 0.214. The second-order valence-electron chi connectivity index (χ2n) is 4.31. The lowest BCUT2D eigenvalue weighted by Gasteiger charge is -2.10. The van der Waals surface area contributed by atoms with Gasteiger partial charge in [0.05, 0.1) is 11.9 Å². The normalized spacial score (nSPS) is 11.2. The monoisotopic (exact) mass is 298 g/mol. The molecule has 2 aromatic rings. The summed E-state index contributed by atoms with van der Waals surface area (Å²) in [7, 11) is 0. The minimum atomic E-state index is -4.38. The minimum Gasteiger partial charge on any atom is -0.508 e. The molecule has 112 valence electrons. The molecule has 21 heavy (non-hydrogen) atoms. The molecule has 0 bridgehead atoms. The Balaban J connectivity index is 1.87. The summed E-state index contributed by atoms with van der Waals surface area (Å²) in [5.41, 5.74) is 1.50. The van der Waals surface area contributed by atoms with Gasteiger partial charge in [-0.2, -0.15) is 13.2 Å². The number of halogens is 3. The zero-order chi connectivity index (χ0) is 15.3. The molecule has 1 heterocycles. The van der Waals surface area contributed by atoms with E-state index in [0.717, 1.165) is 5.56 Å². The Morgan fingerprint density at radius 2 is 2.00 bits per heavy atom. The van der Waals surface area contributed by atoms with Crippen LogP contribution in [0.2, 0.25) is 0 Å². The van der Waals surface area contributed by atoms with Crippen molar-refractivity contribution in [2.45, 2.75) is 12.7 Å². The molecule has 0 aliphatic heterocycles. The summed E-state index contributed by atoms with van der Waals surface area (Å²) in [5, 5.41) is 12.4. The highest BCUT2D eigenvalue weighted by Gasteiger charge is 2.28. The van der Waals surface area contributed by atoms with Crippen LogP contribution in [-0.4, -0.2) is 22.9 Å². The molecule has 4 nitrogen and oxygen atoms in total. The summed E-state index contributed by atoms with van der Waals surface area (Å²) < 4.78 is 40.4. The first-order valence-corrected chi connectivity index (χ1v) is 6.10. The zero-order valence-corrected chi connectivity index (χ0v) is 10.9. The maximum Gasteiger partial charge on any atom is 0.422 e. The van der Waals surface area contributed by atoms with Crippen LogP contribution in [0.4, 0.5) is 18.9 Å². The maximum absolute atomic E-state index is 12.0. The van der Waals surface area contributed by atoms with E-state index in [1.165, 1.54) is 12.3 Å². The van der Waals surface area contributed by atoms with Gasteiger partial charge in [-0.1, -0.05) is 12.1 Å². The van der Waals surface area contributed by atoms with Crippen LogP contribution < -0.4 is 10.1 Å². The van der Waals surface area contributed by atoms with E-state index in [1.807, 2.05) is 6.07 Å². The third-order valence-corrected chi connectivity index (χ3v) is 2.53. The van der Waals surface area contributed by atoms with Crippen molar-refractivity contribution in [2.24, 2.45) is 0 Å². The number of phenolic OH excluding ortho intramolecular Hbond substituents is 1. The van der Waals surface area contributed by atoms with E-state index < -0.39 is 12.8 Å². The highest BCUT2D eigenvalue weighted by molar-refractivity contribution is 5.43. The molecule has 0 radical (unpaired) electrons. The van der Waals surface area contributed by atoms with Crippen molar-refractivity contribution in [2.75, 3.05) is 11.9 Å². The molecule has 1 aromatic heterocycles. The van der Waals surface area contributed by atoms with E-state index in [1.54, 1.807) is 24.3 Å². The SMILES string of the molecule is Oc1cccc(CNc2ccc(OCC(F)(F)F)nc2)c1. The average molecular weight is 298 g/mol. The number of nitrogens with zero attached hydrogens (tertiary/aromatic N) is 1. The molecular formula is C14H13F3N2O2. The molecule has 0 amide bonds. The minimum absolute atomic E-state index is 0.0877. The molecule has 1 aromatic carbocycles. The standard InChI is InChI=1S/C14H13F3N2O2/c15-14(16,17)9-21-13-5-4-11(8-19-13)18-7-10-2-1-3-12(20)6-10/h1-6,8,18,20H,7,9H2. The van der Waals surface area contributed by atoms with Crippen molar-refractivity contribution >= 4 is 5.69 Å². The number of aromatic hydroxyl groups is 1. The predicted molar refractivity (Wildman–Crippen MR) is 71.2 cm³/mol. The third-order valence-electron chi connectivity index (χ3n) is 2.53. The first kappa shape index (κ1) is 15.0. The Kier molecular flexibility index (Phi) is 4.52. The first-order valence-electron chi connectivity index (χ1n) is 6.10. The molecule has 0 atom stereocenters. The topological polar surface area (TPSA) is 54.4 Å². The average Bonchev–Trinajstić information content (AvgIpc) is 2.43. The van der Waals surface area contributed by atoms with Gasteiger partial charge in [-0.25, -0.2) is 4.98 Å². The lowest BCUT2D eigenvalue weighted by atomic mass is 10.2. The fourth-order valence-corrected chi connectivity index (χ4v) is 1.60. The predicted octanol–water partition coefficient (Wildman–Crippen LogP) is 3.34. The second kappa shape index (κ2) is 6.34. The summed E-state index contributed by atoms with van der Waals surface area (Å²) in [5.74, 6) is 0.0820. The maximum atomic E-state index is 12.0. The highest BCUT2D eigenvalue weighted by Crippen LogP contribution is 2.18. The Morgan fingerprint density at radius 3 is 2.62 bits per heavy atom. The number of aromatic nitrogens is 1. The number of hydrogen-bond acceptors (Lipinski definition) is 4. The van der Waals surface area contributed by atoms with E-state index in [2.05, 4.69) is 15.0 Å². The smallest absolute Gasteiger partial charge is 0.422 e. The van der Waals surface area contributed by atoms with E-state index in [9.17, 15) is 18.3 Å². The molecular weight excluding hydrogens is 285 g/mol. The van der Waals surface area contributed by atoms with Crippen molar-refractivity contribution in [3.05, 3.63) is 48.2 Å². The lowest BCUT2D eigenvalue weighted by molar-refractivity contribution is -0.154. The van der Waals surface area contributed by atoms with Crippen molar-refractivity contribution < 1.29 is 23.0 Å². The number of anilines is 1. The van der Waals surface area contributed by atoms with Gasteiger partial charge in [-0.15, -0.1) is 0 Å². The van der Waals surface area contributed by atoms with Crippen LogP contribution in [0, 0.1) is 0 Å². The van der Waals surface area contributed by atoms with Gasteiger partial charge < -0.3 is 15.2 Å². The molecule has 2 N–H and O–H groups in total. The van der Waals surface area contributed by atoms with E-state index in [0.29, 0.717) is 12.2 Å². The highest BCUT2D eigenvalue weighted by atomic mass is 19.4.